The molecule has 0 spiro atoms. The molecule has 6 nitrogen and oxygen atoms in total. The molecule has 2 atom stereocenters. The first-order valence-corrected chi connectivity index (χ1v) is 5.97. The molecule has 0 saturated carbocycles. The Morgan fingerprint density at radius 3 is 2.76 bits per heavy atom. The standard InChI is InChI=1S/C11H19N5O/c1-7-4-3-5-8(2)16(7)15-10-9(12)11(17)14-6-13-10/h6-8H,3-5,12H2,1-2H3,(H2,13,14,15,17). The summed E-state index contributed by atoms with van der Waals surface area (Å²) in [5.74, 6) is 0.439. The first-order valence-electron chi connectivity index (χ1n) is 5.97. The van der Waals surface area contributed by atoms with Gasteiger partial charge in [0.1, 0.15) is 5.69 Å². The van der Waals surface area contributed by atoms with Crippen molar-refractivity contribution in [1.29, 1.82) is 0 Å². The van der Waals surface area contributed by atoms with Crippen LogP contribution in [0.3, 0.4) is 0 Å². The van der Waals surface area contributed by atoms with E-state index in [4.69, 9.17) is 5.73 Å². The number of aromatic amines is 1. The third-order valence-electron chi connectivity index (χ3n) is 3.32. The highest BCUT2D eigenvalue weighted by molar-refractivity contribution is 5.58. The predicted octanol–water partition coefficient (Wildman–Crippen LogP) is 0.942. The number of nitrogen functional groups attached to an aromatic ring is 1. The van der Waals surface area contributed by atoms with Crippen molar-refractivity contribution in [2.45, 2.75) is 45.2 Å². The van der Waals surface area contributed by atoms with E-state index in [1.807, 2.05) is 0 Å². The maximum absolute atomic E-state index is 11.4. The highest BCUT2D eigenvalue weighted by Gasteiger charge is 2.25. The Hall–Kier alpha value is -1.56. The van der Waals surface area contributed by atoms with Gasteiger partial charge in [-0.3, -0.25) is 4.79 Å². The minimum Gasteiger partial charge on any atom is -0.391 e. The summed E-state index contributed by atoms with van der Waals surface area (Å²) in [6.07, 6.45) is 4.87. The number of nitrogens with one attached hydrogen (secondary N) is 2. The van der Waals surface area contributed by atoms with E-state index < -0.39 is 0 Å². The second-order valence-corrected chi connectivity index (χ2v) is 4.64. The summed E-state index contributed by atoms with van der Waals surface area (Å²) in [5, 5.41) is 2.13. The quantitative estimate of drug-likeness (QED) is 0.712. The lowest BCUT2D eigenvalue weighted by molar-refractivity contribution is 0.135. The van der Waals surface area contributed by atoms with Gasteiger partial charge in [0.15, 0.2) is 5.82 Å². The Balaban J connectivity index is 2.19. The number of H-pyrrole nitrogens is 1. The first kappa shape index (κ1) is 11.9. The van der Waals surface area contributed by atoms with Gasteiger partial charge in [-0.15, -0.1) is 0 Å². The average molecular weight is 237 g/mol. The Morgan fingerprint density at radius 2 is 2.12 bits per heavy atom. The molecule has 1 aliphatic rings. The van der Waals surface area contributed by atoms with Crippen LogP contribution in [-0.4, -0.2) is 27.1 Å². The molecule has 2 heterocycles. The number of hydrogen-bond donors (Lipinski definition) is 3. The van der Waals surface area contributed by atoms with E-state index in [1.54, 1.807) is 0 Å². The van der Waals surface area contributed by atoms with Gasteiger partial charge in [0.2, 0.25) is 0 Å². The fourth-order valence-electron chi connectivity index (χ4n) is 2.26. The molecule has 0 aliphatic carbocycles. The largest absolute Gasteiger partial charge is 0.391 e. The van der Waals surface area contributed by atoms with Gasteiger partial charge in [0.25, 0.3) is 5.56 Å². The topological polar surface area (TPSA) is 87.0 Å². The van der Waals surface area contributed by atoms with Gasteiger partial charge in [-0.05, 0) is 26.7 Å². The van der Waals surface area contributed by atoms with E-state index in [1.165, 1.54) is 12.7 Å². The molecular formula is C11H19N5O. The molecule has 1 aromatic heterocycles. The second kappa shape index (κ2) is 4.75. The molecule has 0 bridgehead atoms. The second-order valence-electron chi connectivity index (χ2n) is 4.64. The molecule has 1 aliphatic heterocycles. The summed E-state index contributed by atoms with van der Waals surface area (Å²) in [5.41, 5.74) is 8.69. The van der Waals surface area contributed by atoms with Crippen LogP contribution < -0.4 is 16.7 Å². The lowest BCUT2D eigenvalue weighted by Gasteiger charge is -2.39. The summed E-state index contributed by atoms with van der Waals surface area (Å²) in [6, 6.07) is 0.832. The minimum atomic E-state index is -0.306. The molecule has 4 N–H and O–H groups in total. The van der Waals surface area contributed by atoms with Gasteiger partial charge >= 0.3 is 0 Å². The van der Waals surface area contributed by atoms with E-state index in [-0.39, 0.29) is 11.2 Å². The van der Waals surface area contributed by atoms with Crippen LogP contribution in [0.5, 0.6) is 0 Å². The van der Waals surface area contributed by atoms with Crippen molar-refractivity contribution in [1.82, 2.24) is 15.0 Å². The van der Waals surface area contributed by atoms with Crippen molar-refractivity contribution >= 4 is 11.5 Å². The zero-order chi connectivity index (χ0) is 12.4. The van der Waals surface area contributed by atoms with Crippen molar-refractivity contribution in [2.24, 2.45) is 0 Å². The van der Waals surface area contributed by atoms with Crippen LogP contribution in [0, 0.1) is 0 Å². The number of hydrogen-bond acceptors (Lipinski definition) is 5. The molecule has 17 heavy (non-hydrogen) atoms. The number of nitrogens with zero attached hydrogens (tertiary/aromatic N) is 2. The molecule has 1 aromatic rings. The fourth-order valence-corrected chi connectivity index (χ4v) is 2.26. The molecule has 6 heteroatoms. The van der Waals surface area contributed by atoms with E-state index in [2.05, 4.69) is 34.3 Å². The number of piperidine rings is 1. The number of anilines is 2. The van der Waals surface area contributed by atoms with Crippen molar-refractivity contribution in [3.63, 3.8) is 0 Å². The Bertz CT molecular complexity index is 434. The smallest absolute Gasteiger partial charge is 0.276 e. The highest BCUT2D eigenvalue weighted by Crippen LogP contribution is 2.23. The van der Waals surface area contributed by atoms with Gasteiger partial charge in [0, 0.05) is 12.1 Å². The lowest BCUT2D eigenvalue weighted by atomic mass is 10.00. The third-order valence-corrected chi connectivity index (χ3v) is 3.32. The number of hydrazine groups is 1. The first-order chi connectivity index (χ1) is 8.09. The molecule has 0 radical (unpaired) electrons. The summed E-state index contributed by atoms with van der Waals surface area (Å²) < 4.78 is 0. The van der Waals surface area contributed by atoms with Crippen LogP contribution in [0.15, 0.2) is 11.1 Å². The van der Waals surface area contributed by atoms with Gasteiger partial charge in [-0.1, -0.05) is 6.42 Å². The molecule has 94 valence electrons. The molecule has 1 saturated heterocycles. The predicted molar refractivity (Wildman–Crippen MR) is 67.5 cm³/mol. The molecular weight excluding hydrogens is 218 g/mol. The maximum Gasteiger partial charge on any atom is 0.276 e. The summed E-state index contributed by atoms with van der Waals surface area (Å²) >= 11 is 0. The van der Waals surface area contributed by atoms with Crippen LogP contribution in [0.4, 0.5) is 11.5 Å². The minimum absolute atomic E-state index is 0.137. The average Bonchev–Trinajstić information content (AvgIpc) is 2.29. The van der Waals surface area contributed by atoms with Crippen LogP contribution >= 0.6 is 0 Å². The zero-order valence-electron chi connectivity index (χ0n) is 10.2. The highest BCUT2D eigenvalue weighted by atomic mass is 16.1. The summed E-state index contributed by atoms with van der Waals surface area (Å²) in [6.45, 7) is 4.32. The molecule has 2 unspecified atom stereocenters. The van der Waals surface area contributed by atoms with E-state index >= 15 is 0 Å². The van der Waals surface area contributed by atoms with Crippen LogP contribution in [-0.2, 0) is 0 Å². The maximum atomic E-state index is 11.4. The molecule has 0 amide bonds. The molecule has 1 fully saturated rings. The summed E-state index contributed by atoms with van der Waals surface area (Å²) in [4.78, 5) is 17.9. The fraction of sp³-hybridized carbons (Fsp3) is 0.636. The van der Waals surface area contributed by atoms with Crippen molar-refractivity contribution in [3.8, 4) is 0 Å². The van der Waals surface area contributed by atoms with Crippen LogP contribution in [0.1, 0.15) is 33.1 Å². The molecule has 2 rings (SSSR count). The Morgan fingerprint density at radius 1 is 1.47 bits per heavy atom. The Labute approximate surface area is 100 Å². The van der Waals surface area contributed by atoms with Crippen LogP contribution in [0.2, 0.25) is 0 Å². The summed E-state index contributed by atoms with van der Waals surface area (Å²) in [7, 11) is 0. The lowest BCUT2D eigenvalue weighted by Crippen LogP contribution is -2.47. The van der Waals surface area contributed by atoms with Crippen molar-refractivity contribution in [2.75, 3.05) is 11.2 Å². The third kappa shape index (κ3) is 2.41. The van der Waals surface area contributed by atoms with Crippen LogP contribution in [0.25, 0.3) is 0 Å². The van der Waals surface area contributed by atoms with Crippen molar-refractivity contribution < 1.29 is 0 Å². The molecule has 0 aromatic carbocycles. The van der Waals surface area contributed by atoms with Gasteiger partial charge in [-0.25, -0.2) is 9.99 Å². The number of nitrogens with two attached hydrogens (primary N) is 1. The normalized spacial score (nSPS) is 25.8. The monoisotopic (exact) mass is 237 g/mol. The SMILES string of the molecule is CC1CCCC(C)N1Nc1nc[nH]c(=O)c1N. The number of aromatic nitrogens is 2. The van der Waals surface area contributed by atoms with Gasteiger partial charge in [-0.2, -0.15) is 0 Å². The van der Waals surface area contributed by atoms with Crippen molar-refractivity contribution in [3.05, 3.63) is 16.7 Å². The Kier molecular flexibility index (Phi) is 3.33. The number of rotatable bonds is 2. The van der Waals surface area contributed by atoms with Gasteiger partial charge < -0.3 is 16.1 Å². The van der Waals surface area contributed by atoms with E-state index in [0.717, 1.165) is 12.8 Å². The zero-order valence-corrected chi connectivity index (χ0v) is 10.2. The van der Waals surface area contributed by atoms with E-state index in [9.17, 15) is 4.79 Å². The van der Waals surface area contributed by atoms with E-state index in [0.29, 0.717) is 17.9 Å². The van der Waals surface area contributed by atoms with Gasteiger partial charge in [0.05, 0.1) is 6.33 Å².